The molecule has 1 atom stereocenters. The van der Waals surface area contributed by atoms with Gasteiger partial charge in [-0.2, -0.15) is 13.2 Å². The van der Waals surface area contributed by atoms with Crippen molar-refractivity contribution in [2.24, 2.45) is 0 Å². The van der Waals surface area contributed by atoms with Gasteiger partial charge in [0.15, 0.2) is 0 Å². The lowest BCUT2D eigenvalue weighted by molar-refractivity contribution is -0.141. The molecule has 1 aromatic rings. The molecule has 0 bridgehead atoms. The zero-order valence-electron chi connectivity index (χ0n) is 8.42. The standard InChI is InChI=1S/C10H11F3N2O/c11-10(12,13)9-2-1-7(5-14-9)15-8-3-4-16-6-8/h1-2,5,8,15H,3-4,6H2. The number of ether oxygens (including phenoxy) is 1. The van der Waals surface area contributed by atoms with Gasteiger partial charge in [-0.15, -0.1) is 0 Å². The van der Waals surface area contributed by atoms with Crippen LogP contribution in [0.2, 0.25) is 0 Å². The lowest BCUT2D eigenvalue weighted by atomic mass is 10.2. The highest BCUT2D eigenvalue weighted by Gasteiger charge is 2.32. The van der Waals surface area contributed by atoms with E-state index in [1.54, 1.807) is 0 Å². The minimum Gasteiger partial charge on any atom is -0.379 e. The Morgan fingerprint density at radius 3 is 2.69 bits per heavy atom. The average molecular weight is 232 g/mol. The number of aromatic nitrogens is 1. The molecule has 0 spiro atoms. The fourth-order valence-electron chi connectivity index (χ4n) is 1.53. The van der Waals surface area contributed by atoms with E-state index in [9.17, 15) is 13.2 Å². The number of halogens is 3. The predicted molar refractivity (Wildman–Crippen MR) is 52.1 cm³/mol. The van der Waals surface area contributed by atoms with Crippen molar-refractivity contribution in [3.63, 3.8) is 0 Å². The van der Waals surface area contributed by atoms with Crippen LogP contribution in [-0.4, -0.2) is 24.2 Å². The van der Waals surface area contributed by atoms with Gasteiger partial charge in [0.2, 0.25) is 0 Å². The van der Waals surface area contributed by atoms with E-state index in [0.29, 0.717) is 18.9 Å². The van der Waals surface area contributed by atoms with E-state index in [1.165, 1.54) is 12.3 Å². The van der Waals surface area contributed by atoms with Gasteiger partial charge in [-0.1, -0.05) is 0 Å². The highest BCUT2D eigenvalue weighted by Crippen LogP contribution is 2.28. The van der Waals surface area contributed by atoms with E-state index >= 15 is 0 Å². The maximum absolute atomic E-state index is 12.2. The fourth-order valence-corrected chi connectivity index (χ4v) is 1.53. The highest BCUT2D eigenvalue weighted by molar-refractivity contribution is 5.42. The van der Waals surface area contributed by atoms with E-state index in [2.05, 4.69) is 10.3 Å². The molecular formula is C10H11F3N2O. The van der Waals surface area contributed by atoms with Crippen molar-refractivity contribution in [1.29, 1.82) is 0 Å². The number of hydrogen-bond acceptors (Lipinski definition) is 3. The summed E-state index contributed by atoms with van der Waals surface area (Å²) in [4.78, 5) is 3.36. The molecule has 0 amide bonds. The molecule has 0 radical (unpaired) electrons. The summed E-state index contributed by atoms with van der Waals surface area (Å²) in [7, 11) is 0. The Morgan fingerprint density at radius 1 is 1.38 bits per heavy atom. The van der Waals surface area contributed by atoms with Gasteiger partial charge in [0, 0.05) is 6.61 Å². The first-order valence-corrected chi connectivity index (χ1v) is 4.93. The third-order valence-electron chi connectivity index (χ3n) is 2.35. The Balaban J connectivity index is 2.01. The van der Waals surface area contributed by atoms with Gasteiger partial charge in [0.1, 0.15) is 5.69 Å². The summed E-state index contributed by atoms with van der Waals surface area (Å²) in [6, 6.07) is 2.52. The van der Waals surface area contributed by atoms with Crippen molar-refractivity contribution < 1.29 is 17.9 Å². The lowest BCUT2D eigenvalue weighted by Crippen LogP contribution is -2.19. The molecule has 0 saturated carbocycles. The normalized spacial score (nSPS) is 21.1. The average Bonchev–Trinajstić information content (AvgIpc) is 2.70. The maximum atomic E-state index is 12.2. The summed E-state index contributed by atoms with van der Waals surface area (Å²) in [5, 5.41) is 3.06. The molecule has 1 aliphatic rings. The molecule has 1 saturated heterocycles. The Bertz CT molecular complexity index is 344. The number of nitrogens with one attached hydrogen (secondary N) is 1. The van der Waals surface area contributed by atoms with Gasteiger partial charge in [-0.05, 0) is 18.6 Å². The molecule has 0 aliphatic carbocycles. The van der Waals surface area contributed by atoms with Crippen LogP contribution < -0.4 is 5.32 Å². The minimum atomic E-state index is -4.38. The molecule has 16 heavy (non-hydrogen) atoms. The van der Waals surface area contributed by atoms with Crippen LogP contribution in [0.5, 0.6) is 0 Å². The second kappa shape index (κ2) is 4.29. The first kappa shape index (κ1) is 11.2. The summed E-state index contributed by atoms with van der Waals surface area (Å²) < 4.78 is 41.8. The summed E-state index contributed by atoms with van der Waals surface area (Å²) in [6.07, 6.45) is -2.32. The Hall–Kier alpha value is -1.30. The zero-order valence-corrected chi connectivity index (χ0v) is 8.42. The van der Waals surface area contributed by atoms with Crippen molar-refractivity contribution in [1.82, 2.24) is 4.98 Å². The first-order valence-electron chi connectivity index (χ1n) is 4.93. The highest BCUT2D eigenvalue weighted by atomic mass is 19.4. The zero-order chi connectivity index (χ0) is 11.6. The Kier molecular flexibility index (Phi) is 3.00. The number of alkyl halides is 3. The summed E-state index contributed by atoms with van der Waals surface area (Å²) >= 11 is 0. The van der Waals surface area contributed by atoms with Crippen LogP contribution in [0.1, 0.15) is 12.1 Å². The molecule has 3 nitrogen and oxygen atoms in total. The van der Waals surface area contributed by atoms with Crippen LogP contribution in [0.25, 0.3) is 0 Å². The van der Waals surface area contributed by atoms with E-state index in [0.717, 1.165) is 12.5 Å². The number of pyridine rings is 1. The molecule has 1 aliphatic heterocycles. The molecule has 2 rings (SSSR count). The van der Waals surface area contributed by atoms with Gasteiger partial charge in [-0.3, -0.25) is 0 Å². The summed E-state index contributed by atoms with van der Waals surface area (Å²) in [5.41, 5.74) is -0.288. The van der Waals surface area contributed by atoms with Gasteiger partial charge < -0.3 is 10.1 Å². The van der Waals surface area contributed by atoms with Crippen molar-refractivity contribution in [2.45, 2.75) is 18.6 Å². The molecule has 88 valence electrons. The van der Waals surface area contributed by atoms with Gasteiger partial charge in [0.25, 0.3) is 0 Å². The van der Waals surface area contributed by atoms with Gasteiger partial charge in [-0.25, -0.2) is 4.98 Å². The molecular weight excluding hydrogens is 221 g/mol. The van der Waals surface area contributed by atoms with Crippen molar-refractivity contribution in [2.75, 3.05) is 18.5 Å². The van der Waals surface area contributed by atoms with Crippen LogP contribution in [0.4, 0.5) is 18.9 Å². The minimum absolute atomic E-state index is 0.165. The van der Waals surface area contributed by atoms with E-state index < -0.39 is 11.9 Å². The topological polar surface area (TPSA) is 34.1 Å². The Labute approximate surface area is 90.6 Å². The molecule has 1 N–H and O–H groups in total. The number of rotatable bonds is 2. The monoisotopic (exact) mass is 232 g/mol. The van der Waals surface area contributed by atoms with E-state index in [1.807, 2.05) is 0 Å². The summed E-state index contributed by atoms with van der Waals surface area (Å²) in [5.74, 6) is 0. The van der Waals surface area contributed by atoms with Crippen molar-refractivity contribution in [3.8, 4) is 0 Å². The van der Waals surface area contributed by atoms with Gasteiger partial charge >= 0.3 is 6.18 Å². The third-order valence-corrected chi connectivity index (χ3v) is 2.35. The second-order valence-electron chi connectivity index (χ2n) is 3.63. The van der Waals surface area contributed by atoms with Crippen LogP contribution in [0, 0.1) is 0 Å². The molecule has 6 heteroatoms. The van der Waals surface area contributed by atoms with E-state index in [-0.39, 0.29) is 6.04 Å². The molecule has 1 fully saturated rings. The van der Waals surface area contributed by atoms with Crippen LogP contribution in [-0.2, 0) is 10.9 Å². The van der Waals surface area contributed by atoms with Crippen LogP contribution in [0.3, 0.4) is 0 Å². The quantitative estimate of drug-likeness (QED) is 0.849. The maximum Gasteiger partial charge on any atom is 0.433 e. The molecule has 1 unspecified atom stereocenters. The van der Waals surface area contributed by atoms with Crippen molar-refractivity contribution >= 4 is 5.69 Å². The summed E-state index contributed by atoms with van der Waals surface area (Å²) in [6.45, 7) is 1.27. The lowest BCUT2D eigenvalue weighted by Gasteiger charge is -2.12. The number of nitrogens with zero attached hydrogens (tertiary/aromatic N) is 1. The molecule has 2 heterocycles. The SMILES string of the molecule is FC(F)(F)c1ccc(NC2CCOC2)cn1. The molecule has 0 aromatic carbocycles. The first-order chi connectivity index (χ1) is 7.55. The largest absolute Gasteiger partial charge is 0.433 e. The van der Waals surface area contributed by atoms with Crippen LogP contribution >= 0.6 is 0 Å². The van der Waals surface area contributed by atoms with Crippen LogP contribution in [0.15, 0.2) is 18.3 Å². The van der Waals surface area contributed by atoms with Crippen molar-refractivity contribution in [3.05, 3.63) is 24.0 Å². The second-order valence-corrected chi connectivity index (χ2v) is 3.63. The number of anilines is 1. The Morgan fingerprint density at radius 2 is 2.19 bits per heavy atom. The smallest absolute Gasteiger partial charge is 0.379 e. The third kappa shape index (κ3) is 2.63. The predicted octanol–water partition coefficient (Wildman–Crippen LogP) is 2.30. The van der Waals surface area contributed by atoms with E-state index in [4.69, 9.17) is 4.74 Å². The molecule has 1 aromatic heterocycles. The fraction of sp³-hybridized carbons (Fsp3) is 0.500. The number of hydrogen-bond donors (Lipinski definition) is 1. The van der Waals surface area contributed by atoms with Gasteiger partial charge in [0.05, 0.1) is 24.5 Å².